The van der Waals surface area contributed by atoms with Crippen LogP contribution in [-0.2, 0) is 0 Å². The first-order valence-electron chi connectivity index (χ1n) is 5.81. The predicted octanol–water partition coefficient (Wildman–Crippen LogP) is 3.83. The van der Waals surface area contributed by atoms with Crippen LogP contribution in [0.3, 0.4) is 0 Å². The van der Waals surface area contributed by atoms with E-state index < -0.39 is 0 Å². The van der Waals surface area contributed by atoms with Gasteiger partial charge in [0.05, 0.1) is 11.3 Å². The largest absolute Gasteiger partial charge is 0.382 e. The number of rotatable bonds is 2. The van der Waals surface area contributed by atoms with E-state index in [0.29, 0.717) is 22.6 Å². The highest BCUT2D eigenvalue weighted by Crippen LogP contribution is 2.38. The maximum atomic E-state index is 14.2. The van der Waals surface area contributed by atoms with E-state index in [0.717, 1.165) is 10.4 Å². The summed E-state index contributed by atoms with van der Waals surface area (Å²) in [4.78, 5) is 0.974. The van der Waals surface area contributed by atoms with Gasteiger partial charge < -0.3 is 5.73 Å². The molecule has 0 fully saturated rings. The average molecular weight is 273 g/mol. The molecule has 3 rings (SSSR count). The maximum Gasteiger partial charge on any atom is 0.154 e. The highest BCUT2D eigenvalue weighted by Gasteiger charge is 2.18. The smallest absolute Gasteiger partial charge is 0.154 e. The highest BCUT2D eigenvalue weighted by atomic mass is 32.1. The van der Waals surface area contributed by atoms with Crippen LogP contribution in [0.15, 0.2) is 35.7 Å². The number of H-pyrrole nitrogens is 1. The Morgan fingerprint density at radius 1 is 1.26 bits per heavy atom. The van der Waals surface area contributed by atoms with Gasteiger partial charge >= 0.3 is 0 Å². The zero-order chi connectivity index (χ0) is 13.4. The van der Waals surface area contributed by atoms with Gasteiger partial charge in [-0.25, -0.2) is 4.39 Å². The molecule has 0 aliphatic carbocycles. The molecular weight excluding hydrogens is 261 g/mol. The molecular formula is C14H12FN3S. The van der Waals surface area contributed by atoms with Gasteiger partial charge in [-0.3, -0.25) is 5.10 Å². The second kappa shape index (κ2) is 4.51. The molecule has 19 heavy (non-hydrogen) atoms. The Morgan fingerprint density at radius 3 is 2.84 bits per heavy atom. The highest BCUT2D eigenvalue weighted by molar-refractivity contribution is 7.13. The summed E-state index contributed by atoms with van der Waals surface area (Å²) in [6.07, 6.45) is 0. The minimum Gasteiger partial charge on any atom is -0.382 e. The minimum atomic E-state index is -0.246. The number of hydrogen-bond acceptors (Lipinski definition) is 3. The standard InChI is InChI=1S/C14H12FN3S/c1-8-4-2-5-9(12(8)15)13-11(14(16)18-17-13)10-6-3-7-19-10/h2-7H,1H3,(H3,16,17,18). The van der Waals surface area contributed by atoms with E-state index >= 15 is 0 Å². The normalized spacial score (nSPS) is 10.8. The molecule has 2 aromatic heterocycles. The summed E-state index contributed by atoms with van der Waals surface area (Å²) in [5.41, 5.74) is 8.38. The molecule has 0 aliphatic heterocycles. The number of hydrogen-bond donors (Lipinski definition) is 2. The molecule has 0 spiro atoms. The molecule has 0 atom stereocenters. The number of aryl methyl sites for hydroxylation is 1. The van der Waals surface area contributed by atoms with Crippen molar-refractivity contribution in [2.75, 3.05) is 5.73 Å². The first kappa shape index (κ1) is 11.9. The average Bonchev–Trinajstić information content (AvgIpc) is 3.02. The van der Waals surface area contributed by atoms with Gasteiger partial charge in [-0.15, -0.1) is 11.3 Å². The van der Waals surface area contributed by atoms with Crippen LogP contribution in [0.25, 0.3) is 21.7 Å². The molecule has 1 aromatic carbocycles. The van der Waals surface area contributed by atoms with Crippen molar-refractivity contribution in [2.24, 2.45) is 0 Å². The lowest BCUT2D eigenvalue weighted by atomic mass is 10.0. The minimum absolute atomic E-state index is 0.246. The van der Waals surface area contributed by atoms with Gasteiger partial charge in [-0.1, -0.05) is 18.2 Å². The number of nitrogens with one attached hydrogen (secondary N) is 1. The third-order valence-corrected chi connectivity index (χ3v) is 3.91. The van der Waals surface area contributed by atoms with Crippen molar-refractivity contribution in [1.29, 1.82) is 0 Å². The fourth-order valence-electron chi connectivity index (χ4n) is 2.06. The lowest BCUT2D eigenvalue weighted by Crippen LogP contribution is -1.91. The van der Waals surface area contributed by atoms with Gasteiger partial charge in [-0.05, 0) is 30.0 Å². The molecule has 96 valence electrons. The van der Waals surface area contributed by atoms with Crippen LogP contribution in [0.2, 0.25) is 0 Å². The number of nitrogens with two attached hydrogens (primary N) is 1. The van der Waals surface area contributed by atoms with Crippen molar-refractivity contribution >= 4 is 17.2 Å². The fraction of sp³-hybridized carbons (Fsp3) is 0.0714. The van der Waals surface area contributed by atoms with E-state index in [-0.39, 0.29) is 5.82 Å². The van der Waals surface area contributed by atoms with Crippen molar-refractivity contribution < 1.29 is 4.39 Å². The van der Waals surface area contributed by atoms with Crippen LogP contribution < -0.4 is 5.73 Å². The lowest BCUT2D eigenvalue weighted by molar-refractivity contribution is 0.621. The van der Waals surface area contributed by atoms with Gasteiger partial charge in [0.2, 0.25) is 0 Å². The molecule has 0 unspecified atom stereocenters. The number of nitrogen functional groups attached to an aromatic ring is 1. The van der Waals surface area contributed by atoms with E-state index in [2.05, 4.69) is 10.2 Å². The van der Waals surface area contributed by atoms with Crippen LogP contribution in [0.4, 0.5) is 10.2 Å². The van der Waals surface area contributed by atoms with E-state index in [9.17, 15) is 4.39 Å². The van der Waals surface area contributed by atoms with Gasteiger partial charge in [0.15, 0.2) is 5.82 Å². The second-order valence-electron chi connectivity index (χ2n) is 4.27. The van der Waals surface area contributed by atoms with Gasteiger partial charge in [0.1, 0.15) is 5.82 Å². The number of aromatic amines is 1. The second-order valence-corrected chi connectivity index (χ2v) is 5.22. The Balaban J connectivity index is 2.25. The molecule has 0 amide bonds. The van der Waals surface area contributed by atoms with Crippen molar-refractivity contribution in [2.45, 2.75) is 6.92 Å². The third kappa shape index (κ3) is 1.92. The molecule has 2 heterocycles. The zero-order valence-electron chi connectivity index (χ0n) is 10.3. The molecule has 3 aromatic rings. The van der Waals surface area contributed by atoms with E-state index in [1.54, 1.807) is 30.4 Å². The summed E-state index contributed by atoms with van der Waals surface area (Å²) in [7, 11) is 0. The Bertz CT molecular complexity index is 716. The van der Waals surface area contributed by atoms with Gasteiger partial charge in [0, 0.05) is 10.4 Å². The quantitative estimate of drug-likeness (QED) is 0.745. The Hall–Kier alpha value is -2.14. The number of aromatic nitrogens is 2. The van der Waals surface area contributed by atoms with Crippen LogP contribution in [0.1, 0.15) is 5.56 Å². The van der Waals surface area contributed by atoms with Crippen LogP contribution in [-0.4, -0.2) is 10.2 Å². The Labute approximate surface area is 113 Å². The SMILES string of the molecule is Cc1cccc(-c2[nH]nc(N)c2-c2cccs2)c1F. The lowest BCUT2D eigenvalue weighted by Gasteiger charge is -2.05. The summed E-state index contributed by atoms with van der Waals surface area (Å²) in [6.45, 7) is 1.74. The first-order chi connectivity index (χ1) is 9.18. The zero-order valence-corrected chi connectivity index (χ0v) is 11.1. The first-order valence-corrected chi connectivity index (χ1v) is 6.69. The van der Waals surface area contributed by atoms with Crippen molar-refractivity contribution in [3.8, 4) is 21.7 Å². The van der Waals surface area contributed by atoms with Crippen LogP contribution in [0.5, 0.6) is 0 Å². The van der Waals surface area contributed by atoms with Gasteiger partial charge in [-0.2, -0.15) is 5.10 Å². The maximum absolute atomic E-state index is 14.2. The molecule has 5 heteroatoms. The Kier molecular flexibility index (Phi) is 2.83. The summed E-state index contributed by atoms with van der Waals surface area (Å²) in [6, 6.07) is 9.17. The molecule has 3 nitrogen and oxygen atoms in total. The summed E-state index contributed by atoms with van der Waals surface area (Å²) < 4.78 is 14.2. The topological polar surface area (TPSA) is 54.7 Å². The molecule has 0 saturated heterocycles. The monoisotopic (exact) mass is 273 g/mol. The third-order valence-electron chi connectivity index (χ3n) is 3.02. The molecule has 0 aliphatic rings. The van der Waals surface area contributed by atoms with E-state index in [1.165, 1.54) is 0 Å². The molecule has 3 N–H and O–H groups in total. The van der Waals surface area contributed by atoms with Crippen molar-refractivity contribution in [3.05, 3.63) is 47.1 Å². The molecule has 0 bridgehead atoms. The van der Waals surface area contributed by atoms with E-state index in [4.69, 9.17) is 5.73 Å². The van der Waals surface area contributed by atoms with Crippen molar-refractivity contribution in [3.63, 3.8) is 0 Å². The van der Waals surface area contributed by atoms with Crippen molar-refractivity contribution in [1.82, 2.24) is 10.2 Å². The number of benzene rings is 1. The number of anilines is 1. The summed E-state index contributed by atoms with van der Waals surface area (Å²) >= 11 is 1.55. The number of nitrogens with zero attached hydrogens (tertiary/aromatic N) is 1. The Morgan fingerprint density at radius 2 is 2.11 bits per heavy atom. The predicted molar refractivity (Wildman–Crippen MR) is 76.4 cm³/mol. The molecule has 0 radical (unpaired) electrons. The number of thiophene rings is 1. The molecule has 0 saturated carbocycles. The summed E-state index contributed by atoms with van der Waals surface area (Å²) in [5, 5.41) is 8.81. The number of halogens is 1. The fourth-order valence-corrected chi connectivity index (χ4v) is 2.85. The van der Waals surface area contributed by atoms with Crippen LogP contribution in [0, 0.1) is 12.7 Å². The van der Waals surface area contributed by atoms with Gasteiger partial charge in [0.25, 0.3) is 0 Å². The summed E-state index contributed by atoms with van der Waals surface area (Å²) in [5.74, 6) is 0.141. The van der Waals surface area contributed by atoms with E-state index in [1.807, 2.05) is 23.6 Å². The van der Waals surface area contributed by atoms with Crippen LogP contribution >= 0.6 is 11.3 Å².